The minimum atomic E-state index is -0.0923. The molecule has 114 valence electrons. The third-order valence-corrected chi connectivity index (χ3v) is 3.60. The highest BCUT2D eigenvalue weighted by molar-refractivity contribution is 6.31. The fraction of sp³-hybridized carbons (Fsp3) is 0.467. The highest BCUT2D eigenvalue weighted by Gasteiger charge is 2.25. The molecule has 21 heavy (non-hydrogen) atoms. The summed E-state index contributed by atoms with van der Waals surface area (Å²) in [6, 6.07) is 2.08. The van der Waals surface area contributed by atoms with Gasteiger partial charge in [0.25, 0.3) is 0 Å². The Morgan fingerprint density at radius 1 is 1.38 bits per heavy atom. The van der Waals surface area contributed by atoms with E-state index in [2.05, 4.69) is 36.2 Å². The van der Waals surface area contributed by atoms with Crippen molar-refractivity contribution < 1.29 is 4.74 Å². The molecule has 1 N–H and O–H groups in total. The monoisotopic (exact) mass is 308 g/mol. The standard InChI is InChI=1S/C15H21ClN4O/c1-5-18-14(11-6-7-17-9-13(11)21-4)15-12(16)8-19-20(15)10(2)3/h6-10,14,18H,5H2,1-4H3. The number of hydrogen-bond acceptors (Lipinski definition) is 4. The molecule has 0 spiro atoms. The van der Waals surface area contributed by atoms with Crippen LogP contribution in [0.1, 0.15) is 44.1 Å². The van der Waals surface area contributed by atoms with Crippen LogP contribution in [-0.4, -0.2) is 28.4 Å². The number of halogens is 1. The fourth-order valence-corrected chi connectivity index (χ4v) is 2.63. The van der Waals surface area contributed by atoms with Crippen LogP contribution in [0.2, 0.25) is 5.02 Å². The fourth-order valence-electron chi connectivity index (χ4n) is 2.39. The quantitative estimate of drug-likeness (QED) is 0.890. The van der Waals surface area contributed by atoms with Gasteiger partial charge in [0.15, 0.2) is 0 Å². The molecule has 6 heteroatoms. The zero-order valence-corrected chi connectivity index (χ0v) is 13.6. The van der Waals surface area contributed by atoms with Gasteiger partial charge in [0.2, 0.25) is 0 Å². The SMILES string of the molecule is CCNC(c1ccncc1OC)c1c(Cl)cnn1C(C)C. The second-order valence-corrected chi connectivity index (χ2v) is 5.43. The molecule has 0 bridgehead atoms. The predicted octanol–water partition coefficient (Wildman–Crippen LogP) is 3.22. The number of nitrogens with one attached hydrogen (secondary N) is 1. The number of rotatable bonds is 6. The topological polar surface area (TPSA) is 52.0 Å². The van der Waals surface area contributed by atoms with Crippen molar-refractivity contribution in [1.82, 2.24) is 20.1 Å². The highest BCUT2D eigenvalue weighted by Crippen LogP contribution is 2.34. The highest BCUT2D eigenvalue weighted by atomic mass is 35.5. The zero-order chi connectivity index (χ0) is 15.4. The number of methoxy groups -OCH3 is 1. The summed E-state index contributed by atoms with van der Waals surface area (Å²) in [6.07, 6.45) is 5.16. The van der Waals surface area contributed by atoms with E-state index in [0.29, 0.717) is 5.02 Å². The second-order valence-electron chi connectivity index (χ2n) is 5.02. The number of pyridine rings is 1. The molecule has 0 saturated heterocycles. The van der Waals surface area contributed by atoms with Crippen molar-refractivity contribution in [2.24, 2.45) is 0 Å². The summed E-state index contributed by atoms with van der Waals surface area (Å²) >= 11 is 6.39. The Balaban J connectivity index is 2.56. The first kappa shape index (κ1) is 15.8. The molecule has 0 aliphatic rings. The van der Waals surface area contributed by atoms with Crippen molar-refractivity contribution >= 4 is 11.6 Å². The summed E-state index contributed by atoms with van der Waals surface area (Å²) in [6.45, 7) is 7.03. The lowest BCUT2D eigenvalue weighted by atomic mass is 10.0. The molecule has 0 saturated carbocycles. The van der Waals surface area contributed by atoms with Gasteiger partial charge in [-0.05, 0) is 26.5 Å². The van der Waals surface area contributed by atoms with E-state index >= 15 is 0 Å². The maximum absolute atomic E-state index is 6.39. The van der Waals surface area contributed by atoms with Gasteiger partial charge in [-0.15, -0.1) is 0 Å². The molecule has 0 radical (unpaired) electrons. The molecule has 2 heterocycles. The van der Waals surface area contributed by atoms with Crippen LogP contribution in [0.25, 0.3) is 0 Å². The van der Waals surface area contributed by atoms with Crippen LogP contribution < -0.4 is 10.1 Å². The summed E-state index contributed by atoms with van der Waals surface area (Å²) < 4.78 is 7.38. The molecule has 0 aliphatic heterocycles. The van der Waals surface area contributed by atoms with Gasteiger partial charge in [0.1, 0.15) is 5.75 Å². The lowest BCUT2D eigenvalue weighted by Gasteiger charge is -2.23. The molecule has 0 amide bonds. The van der Waals surface area contributed by atoms with Crippen LogP contribution in [0.4, 0.5) is 0 Å². The molecule has 5 nitrogen and oxygen atoms in total. The van der Waals surface area contributed by atoms with Crippen molar-refractivity contribution in [2.45, 2.75) is 32.9 Å². The first-order valence-corrected chi connectivity index (χ1v) is 7.42. The maximum atomic E-state index is 6.39. The van der Waals surface area contributed by atoms with Gasteiger partial charge < -0.3 is 10.1 Å². The minimum Gasteiger partial charge on any atom is -0.495 e. The molecule has 0 fully saturated rings. The zero-order valence-electron chi connectivity index (χ0n) is 12.8. The van der Waals surface area contributed by atoms with Crippen LogP contribution in [0.3, 0.4) is 0 Å². The summed E-state index contributed by atoms with van der Waals surface area (Å²) in [4.78, 5) is 4.11. The number of aromatic nitrogens is 3. The van der Waals surface area contributed by atoms with Gasteiger partial charge >= 0.3 is 0 Å². The molecule has 2 rings (SSSR count). The number of ether oxygens (including phenoxy) is 1. The molecule has 0 aliphatic carbocycles. The average Bonchev–Trinajstić information content (AvgIpc) is 2.86. The van der Waals surface area contributed by atoms with E-state index in [9.17, 15) is 0 Å². The van der Waals surface area contributed by atoms with Crippen LogP contribution in [0.15, 0.2) is 24.7 Å². The van der Waals surface area contributed by atoms with Crippen molar-refractivity contribution in [3.63, 3.8) is 0 Å². The van der Waals surface area contributed by atoms with E-state index in [1.54, 1.807) is 25.7 Å². The summed E-state index contributed by atoms with van der Waals surface area (Å²) in [5.74, 6) is 0.732. The molecule has 0 aromatic carbocycles. The lowest BCUT2D eigenvalue weighted by Crippen LogP contribution is -2.26. The van der Waals surface area contributed by atoms with Crippen molar-refractivity contribution in [3.05, 3.63) is 40.9 Å². The third kappa shape index (κ3) is 3.19. The predicted molar refractivity (Wildman–Crippen MR) is 83.9 cm³/mol. The maximum Gasteiger partial charge on any atom is 0.142 e. The summed E-state index contributed by atoms with van der Waals surface area (Å²) in [5.41, 5.74) is 1.94. The normalized spacial score (nSPS) is 12.7. The van der Waals surface area contributed by atoms with Crippen LogP contribution >= 0.6 is 11.6 Å². The largest absolute Gasteiger partial charge is 0.495 e. The van der Waals surface area contributed by atoms with Crippen molar-refractivity contribution in [3.8, 4) is 5.75 Å². The Hall–Kier alpha value is -1.59. The first-order valence-electron chi connectivity index (χ1n) is 7.04. The van der Waals surface area contributed by atoms with Gasteiger partial charge in [0, 0.05) is 17.8 Å². The van der Waals surface area contributed by atoms with E-state index < -0.39 is 0 Å². The van der Waals surface area contributed by atoms with Crippen LogP contribution in [-0.2, 0) is 0 Å². The number of hydrogen-bond donors (Lipinski definition) is 1. The van der Waals surface area contributed by atoms with Crippen LogP contribution in [0.5, 0.6) is 5.75 Å². The Morgan fingerprint density at radius 3 is 2.76 bits per heavy atom. The van der Waals surface area contributed by atoms with Crippen LogP contribution in [0, 0.1) is 0 Å². The lowest BCUT2D eigenvalue weighted by molar-refractivity contribution is 0.398. The Morgan fingerprint density at radius 2 is 2.14 bits per heavy atom. The van der Waals surface area contributed by atoms with Crippen molar-refractivity contribution in [1.29, 1.82) is 0 Å². The molecular formula is C15H21ClN4O. The average molecular weight is 309 g/mol. The molecule has 1 unspecified atom stereocenters. The minimum absolute atomic E-state index is 0.0923. The van der Waals surface area contributed by atoms with Gasteiger partial charge in [-0.1, -0.05) is 18.5 Å². The van der Waals surface area contributed by atoms with E-state index in [0.717, 1.165) is 23.6 Å². The first-order chi connectivity index (χ1) is 10.1. The Bertz CT molecular complexity index is 597. The molecular weight excluding hydrogens is 288 g/mol. The van der Waals surface area contributed by atoms with E-state index in [1.165, 1.54) is 0 Å². The summed E-state index contributed by atoms with van der Waals surface area (Å²) in [5, 5.41) is 8.49. The van der Waals surface area contributed by atoms with E-state index in [-0.39, 0.29) is 12.1 Å². The van der Waals surface area contributed by atoms with Gasteiger partial charge in [-0.25, -0.2) is 0 Å². The second kappa shape index (κ2) is 6.91. The van der Waals surface area contributed by atoms with E-state index in [4.69, 9.17) is 16.3 Å². The Labute approximate surface area is 130 Å². The summed E-state index contributed by atoms with van der Waals surface area (Å²) in [7, 11) is 1.64. The third-order valence-electron chi connectivity index (χ3n) is 3.31. The number of nitrogens with zero attached hydrogens (tertiary/aromatic N) is 3. The smallest absolute Gasteiger partial charge is 0.142 e. The molecule has 2 aromatic rings. The van der Waals surface area contributed by atoms with Gasteiger partial charge in [-0.3, -0.25) is 9.67 Å². The van der Waals surface area contributed by atoms with Gasteiger partial charge in [0.05, 0.1) is 36.3 Å². The molecule has 2 aromatic heterocycles. The molecule has 1 atom stereocenters. The van der Waals surface area contributed by atoms with Crippen molar-refractivity contribution in [2.75, 3.05) is 13.7 Å². The van der Waals surface area contributed by atoms with E-state index in [1.807, 2.05) is 10.7 Å². The van der Waals surface area contributed by atoms with Gasteiger partial charge in [-0.2, -0.15) is 5.10 Å². The Kier molecular flexibility index (Phi) is 5.20.